The summed E-state index contributed by atoms with van der Waals surface area (Å²) in [6.45, 7) is 8.18. The first kappa shape index (κ1) is 25.2. The fraction of sp³-hybridized carbons (Fsp3) is 0.536. The monoisotopic (exact) mass is 476 g/mol. The van der Waals surface area contributed by atoms with Crippen molar-refractivity contribution in [3.63, 3.8) is 0 Å². The van der Waals surface area contributed by atoms with E-state index in [2.05, 4.69) is 52.0 Å². The lowest BCUT2D eigenvalue weighted by Crippen LogP contribution is -2.38. The Kier molecular flexibility index (Phi) is 8.74. The zero-order valence-corrected chi connectivity index (χ0v) is 21.4. The number of benzene rings is 1. The van der Waals surface area contributed by atoms with Crippen LogP contribution in [0.4, 0.5) is 5.69 Å². The summed E-state index contributed by atoms with van der Waals surface area (Å²) in [5.41, 5.74) is 3.48. The van der Waals surface area contributed by atoms with E-state index < -0.39 is 0 Å². The molecule has 35 heavy (non-hydrogen) atoms. The highest BCUT2D eigenvalue weighted by molar-refractivity contribution is 6.06. The molecule has 1 saturated carbocycles. The SMILES string of the molecule is CCCCNC1CCC(Nc2c(C(=O)NC(C)Cc3ccccc3)cnc3c2cnn3CC)CC1. The third-order valence-corrected chi connectivity index (χ3v) is 7.01. The zero-order valence-electron chi connectivity index (χ0n) is 21.4. The first-order valence-electron chi connectivity index (χ1n) is 13.3. The number of hydrogen-bond donors (Lipinski definition) is 3. The van der Waals surface area contributed by atoms with Crippen LogP contribution in [0.15, 0.2) is 42.7 Å². The molecule has 3 aromatic rings. The second-order valence-corrected chi connectivity index (χ2v) is 9.81. The third-order valence-electron chi connectivity index (χ3n) is 7.01. The molecule has 1 atom stereocenters. The van der Waals surface area contributed by atoms with Crippen LogP contribution in [0.3, 0.4) is 0 Å². The Morgan fingerprint density at radius 3 is 2.54 bits per heavy atom. The van der Waals surface area contributed by atoms with E-state index in [4.69, 9.17) is 0 Å². The van der Waals surface area contributed by atoms with Crippen molar-refractivity contribution in [1.82, 2.24) is 25.4 Å². The van der Waals surface area contributed by atoms with Gasteiger partial charge < -0.3 is 16.0 Å². The lowest BCUT2D eigenvalue weighted by Gasteiger charge is -2.31. The second-order valence-electron chi connectivity index (χ2n) is 9.81. The van der Waals surface area contributed by atoms with Crippen molar-refractivity contribution in [1.29, 1.82) is 0 Å². The van der Waals surface area contributed by atoms with Crippen LogP contribution in [-0.2, 0) is 13.0 Å². The van der Waals surface area contributed by atoms with Crippen molar-refractivity contribution in [3.05, 3.63) is 53.9 Å². The highest BCUT2D eigenvalue weighted by Gasteiger charge is 2.25. The largest absolute Gasteiger partial charge is 0.381 e. The maximum Gasteiger partial charge on any atom is 0.255 e. The number of carbonyl (C=O) groups is 1. The number of unbranched alkanes of at least 4 members (excludes halogenated alkanes) is 1. The van der Waals surface area contributed by atoms with Gasteiger partial charge in [0.1, 0.15) is 0 Å². The van der Waals surface area contributed by atoms with Crippen molar-refractivity contribution >= 4 is 22.6 Å². The number of fused-ring (bicyclic) bond motifs is 1. The van der Waals surface area contributed by atoms with Crippen LogP contribution in [0, 0.1) is 0 Å². The number of aromatic nitrogens is 3. The molecule has 1 aliphatic rings. The average molecular weight is 477 g/mol. The minimum atomic E-state index is -0.0931. The zero-order chi connectivity index (χ0) is 24.6. The summed E-state index contributed by atoms with van der Waals surface area (Å²) in [6.07, 6.45) is 11.3. The van der Waals surface area contributed by atoms with Crippen LogP contribution in [-0.4, -0.2) is 45.3 Å². The molecule has 1 amide bonds. The molecule has 1 unspecified atom stereocenters. The highest BCUT2D eigenvalue weighted by atomic mass is 16.1. The van der Waals surface area contributed by atoms with Crippen LogP contribution in [0.1, 0.15) is 75.2 Å². The van der Waals surface area contributed by atoms with E-state index >= 15 is 0 Å². The van der Waals surface area contributed by atoms with Gasteiger partial charge in [-0.05, 0) is 64.5 Å². The number of hydrogen-bond acceptors (Lipinski definition) is 5. The van der Waals surface area contributed by atoms with Gasteiger partial charge in [-0.3, -0.25) is 4.79 Å². The molecule has 0 aliphatic heterocycles. The van der Waals surface area contributed by atoms with E-state index in [0.29, 0.717) is 17.6 Å². The molecule has 0 radical (unpaired) electrons. The fourth-order valence-corrected chi connectivity index (χ4v) is 5.04. The van der Waals surface area contributed by atoms with Gasteiger partial charge in [-0.2, -0.15) is 5.10 Å². The predicted octanol–water partition coefficient (Wildman–Crippen LogP) is 4.93. The maximum atomic E-state index is 13.4. The van der Waals surface area contributed by atoms with Gasteiger partial charge in [0.25, 0.3) is 5.91 Å². The summed E-state index contributed by atoms with van der Waals surface area (Å²) in [4.78, 5) is 18.0. The van der Waals surface area contributed by atoms with E-state index in [1.807, 2.05) is 36.0 Å². The summed E-state index contributed by atoms with van der Waals surface area (Å²) >= 11 is 0. The van der Waals surface area contributed by atoms with Crippen LogP contribution in [0.5, 0.6) is 0 Å². The van der Waals surface area contributed by atoms with Crippen molar-refractivity contribution in [2.75, 3.05) is 11.9 Å². The number of amides is 1. The lowest BCUT2D eigenvalue weighted by molar-refractivity contribution is 0.0940. The molecule has 0 bridgehead atoms. The number of aryl methyl sites for hydroxylation is 1. The molecule has 0 saturated heterocycles. The molecule has 1 aromatic carbocycles. The Hall–Kier alpha value is -2.93. The van der Waals surface area contributed by atoms with Gasteiger partial charge in [-0.1, -0.05) is 43.7 Å². The van der Waals surface area contributed by atoms with Gasteiger partial charge in [0.2, 0.25) is 0 Å². The van der Waals surface area contributed by atoms with Gasteiger partial charge in [0.15, 0.2) is 5.65 Å². The number of pyridine rings is 1. The molecule has 188 valence electrons. The second kappa shape index (κ2) is 12.2. The smallest absolute Gasteiger partial charge is 0.255 e. The average Bonchev–Trinajstić information content (AvgIpc) is 3.29. The molecular weight excluding hydrogens is 436 g/mol. The molecule has 7 heteroatoms. The van der Waals surface area contributed by atoms with Crippen LogP contribution >= 0.6 is 0 Å². The van der Waals surface area contributed by atoms with Crippen LogP contribution < -0.4 is 16.0 Å². The molecule has 1 aliphatic carbocycles. The standard InChI is InChI=1S/C28H40N6O/c1-4-6-16-29-22-12-14-23(15-13-22)33-26-24-19-31-34(5-2)27(24)30-18-25(26)28(35)32-20(3)17-21-10-8-7-9-11-21/h7-11,18-20,22-23,29H,4-6,12-17H2,1-3H3,(H,30,33)(H,32,35). The highest BCUT2D eigenvalue weighted by Crippen LogP contribution is 2.30. The molecule has 7 nitrogen and oxygen atoms in total. The van der Waals surface area contributed by atoms with Crippen molar-refractivity contribution in [2.24, 2.45) is 0 Å². The molecule has 4 rings (SSSR count). The number of nitrogens with zero attached hydrogens (tertiary/aromatic N) is 3. The summed E-state index contributed by atoms with van der Waals surface area (Å²) in [5, 5.41) is 16.1. The summed E-state index contributed by atoms with van der Waals surface area (Å²) in [7, 11) is 0. The molecular formula is C28H40N6O. The van der Waals surface area contributed by atoms with Gasteiger partial charge >= 0.3 is 0 Å². The summed E-state index contributed by atoms with van der Waals surface area (Å²) in [6, 6.07) is 11.2. The Balaban J connectivity index is 1.49. The summed E-state index contributed by atoms with van der Waals surface area (Å²) in [5.74, 6) is -0.0931. The van der Waals surface area contributed by atoms with Gasteiger partial charge in [-0.15, -0.1) is 0 Å². The Morgan fingerprint density at radius 1 is 1.09 bits per heavy atom. The van der Waals surface area contributed by atoms with E-state index in [0.717, 1.165) is 61.9 Å². The fourth-order valence-electron chi connectivity index (χ4n) is 5.04. The van der Waals surface area contributed by atoms with E-state index in [-0.39, 0.29) is 11.9 Å². The third kappa shape index (κ3) is 6.40. The topological polar surface area (TPSA) is 83.9 Å². The van der Waals surface area contributed by atoms with Gasteiger partial charge in [0.05, 0.1) is 22.8 Å². The lowest BCUT2D eigenvalue weighted by atomic mass is 9.90. The Bertz CT molecular complexity index is 1090. The van der Waals surface area contributed by atoms with Gasteiger partial charge in [-0.25, -0.2) is 9.67 Å². The number of carbonyl (C=O) groups excluding carboxylic acids is 1. The van der Waals surface area contributed by atoms with E-state index in [9.17, 15) is 4.79 Å². The quantitative estimate of drug-likeness (QED) is 0.342. The van der Waals surface area contributed by atoms with Crippen molar-refractivity contribution in [3.8, 4) is 0 Å². The first-order valence-corrected chi connectivity index (χ1v) is 13.3. The molecule has 0 spiro atoms. The van der Waals surface area contributed by atoms with Crippen molar-refractivity contribution in [2.45, 2.75) is 90.4 Å². The first-order chi connectivity index (χ1) is 17.1. The number of anilines is 1. The van der Waals surface area contributed by atoms with Gasteiger partial charge in [0, 0.05) is 30.9 Å². The van der Waals surface area contributed by atoms with Crippen molar-refractivity contribution < 1.29 is 4.79 Å². The summed E-state index contributed by atoms with van der Waals surface area (Å²) < 4.78 is 1.88. The Labute approximate surface area is 209 Å². The van der Waals surface area contributed by atoms with E-state index in [1.165, 1.54) is 18.4 Å². The van der Waals surface area contributed by atoms with E-state index in [1.54, 1.807) is 6.20 Å². The van der Waals surface area contributed by atoms with Crippen LogP contribution in [0.25, 0.3) is 11.0 Å². The van der Waals surface area contributed by atoms with Crippen LogP contribution in [0.2, 0.25) is 0 Å². The number of nitrogens with one attached hydrogen (secondary N) is 3. The molecule has 1 fully saturated rings. The number of rotatable bonds is 11. The Morgan fingerprint density at radius 2 is 1.83 bits per heavy atom. The molecule has 3 N–H and O–H groups in total. The predicted molar refractivity (Wildman–Crippen MR) is 143 cm³/mol. The molecule has 2 heterocycles. The minimum Gasteiger partial charge on any atom is -0.381 e. The minimum absolute atomic E-state index is 0.0106. The molecule has 2 aromatic heterocycles. The maximum absolute atomic E-state index is 13.4. The normalized spacial score (nSPS) is 18.9.